The Labute approximate surface area is 133 Å². The van der Waals surface area contributed by atoms with Crippen LogP contribution in [0.1, 0.15) is 30.4 Å². The van der Waals surface area contributed by atoms with Crippen LogP contribution in [0.4, 0.5) is 0 Å². The molecule has 0 bridgehead atoms. The molecule has 0 radical (unpaired) electrons. The molecule has 1 amide bonds. The van der Waals surface area contributed by atoms with Crippen molar-refractivity contribution in [3.8, 4) is 11.3 Å². The summed E-state index contributed by atoms with van der Waals surface area (Å²) in [4.78, 5) is 18.3. The summed E-state index contributed by atoms with van der Waals surface area (Å²) in [6.45, 7) is 3.40. The van der Waals surface area contributed by atoms with E-state index in [0.29, 0.717) is 22.5 Å². The molecule has 0 saturated carbocycles. The Morgan fingerprint density at radius 3 is 2.86 bits per heavy atom. The Morgan fingerprint density at radius 2 is 2.14 bits per heavy atom. The third kappa shape index (κ3) is 2.54. The summed E-state index contributed by atoms with van der Waals surface area (Å²) in [6.07, 6.45) is 3.75. The van der Waals surface area contributed by atoms with Crippen LogP contribution in [-0.4, -0.2) is 26.9 Å². The molecule has 21 heavy (non-hydrogen) atoms. The molecule has 1 aromatic carbocycles. The minimum atomic E-state index is -0.0141. The Kier molecular flexibility index (Phi) is 3.91. The maximum absolute atomic E-state index is 12.3. The summed E-state index contributed by atoms with van der Waals surface area (Å²) in [5.74, 6) is 0.465. The highest BCUT2D eigenvalue weighted by Gasteiger charge is 2.31. The average Bonchev–Trinajstić information content (AvgIpc) is 2.98. The van der Waals surface area contributed by atoms with Gasteiger partial charge in [-0.1, -0.05) is 36.5 Å². The third-order valence-electron chi connectivity index (χ3n) is 3.63. The van der Waals surface area contributed by atoms with E-state index in [0.717, 1.165) is 30.6 Å². The van der Waals surface area contributed by atoms with Gasteiger partial charge in [-0.25, -0.2) is 4.98 Å². The molecule has 4 nitrogen and oxygen atoms in total. The molecule has 3 rings (SSSR count). The van der Waals surface area contributed by atoms with Crippen molar-refractivity contribution in [1.82, 2.24) is 14.5 Å². The number of hydrogen-bond acceptors (Lipinski definition) is 2. The van der Waals surface area contributed by atoms with Gasteiger partial charge in [0, 0.05) is 17.1 Å². The molecule has 0 aliphatic carbocycles. The molecule has 1 aromatic heterocycles. The van der Waals surface area contributed by atoms with Gasteiger partial charge in [-0.15, -0.1) is 0 Å². The number of nitrogens with zero attached hydrogens (tertiary/aromatic N) is 3. The van der Waals surface area contributed by atoms with Crippen molar-refractivity contribution in [3.05, 3.63) is 40.3 Å². The maximum Gasteiger partial charge on any atom is 0.291 e. The van der Waals surface area contributed by atoms with Crippen molar-refractivity contribution in [3.63, 3.8) is 0 Å². The molecule has 2 heterocycles. The highest BCUT2D eigenvalue weighted by Crippen LogP contribution is 2.32. The minimum Gasteiger partial charge on any atom is -0.318 e. The summed E-state index contributed by atoms with van der Waals surface area (Å²) >= 11 is 12.2. The number of imidazole rings is 1. The number of halogens is 2. The van der Waals surface area contributed by atoms with E-state index in [2.05, 4.69) is 11.9 Å². The molecule has 0 fully saturated rings. The van der Waals surface area contributed by atoms with Crippen LogP contribution in [0, 0.1) is 0 Å². The number of hydrogen-bond donors (Lipinski definition) is 0. The van der Waals surface area contributed by atoms with Crippen molar-refractivity contribution in [1.29, 1.82) is 0 Å². The molecular formula is C15H15Cl2N3O. The van der Waals surface area contributed by atoms with Gasteiger partial charge in [0.15, 0.2) is 0 Å². The normalized spacial score (nSPS) is 13.9. The Hall–Kier alpha value is -1.52. The van der Waals surface area contributed by atoms with Gasteiger partial charge in [-0.05, 0) is 24.6 Å². The Morgan fingerprint density at radius 1 is 1.33 bits per heavy atom. The lowest BCUT2D eigenvalue weighted by Gasteiger charge is -2.15. The van der Waals surface area contributed by atoms with Gasteiger partial charge in [-0.3, -0.25) is 4.79 Å². The van der Waals surface area contributed by atoms with E-state index in [4.69, 9.17) is 23.2 Å². The molecule has 1 aliphatic heterocycles. The molecule has 0 unspecified atom stereocenters. The fraction of sp³-hybridized carbons (Fsp3) is 0.333. The number of carbonyl (C=O) groups is 1. The quantitative estimate of drug-likeness (QED) is 0.850. The molecule has 0 spiro atoms. The zero-order chi connectivity index (χ0) is 15.0. The van der Waals surface area contributed by atoms with Crippen molar-refractivity contribution >= 4 is 29.1 Å². The Balaban J connectivity index is 1.95. The largest absolute Gasteiger partial charge is 0.318 e. The molecule has 0 atom stereocenters. The number of benzene rings is 1. The lowest BCUT2D eigenvalue weighted by atomic mass is 10.1. The molecule has 0 N–H and O–H groups in total. The third-order valence-corrected chi connectivity index (χ3v) is 4.18. The minimum absolute atomic E-state index is 0.0141. The first-order valence-electron chi connectivity index (χ1n) is 6.92. The SMILES string of the molecule is CCCCN1Cn2c(-c3ccc(Cl)cc3Cl)cnc2C1=O. The lowest BCUT2D eigenvalue weighted by molar-refractivity contribution is 0.0764. The highest BCUT2D eigenvalue weighted by atomic mass is 35.5. The van der Waals surface area contributed by atoms with Crippen LogP contribution < -0.4 is 0 Å². The van der Waals surface area contributed by atoms with Gasteiger partial charge in [0.2, 0.25) is 5.82 Å². The van der Waals surface area contributed by atoms with E-state index < -0.39 is 0 Å². The number of carbonyl (C=O) groups excluding carboxylic acids is 1. The van der Waals surface area contributed by atoms with Crippen LogP contribution in [0.2, 0.25) is 10.0 Å². The van der Waals surface area contributed by atoms with Crippen LogP contribution in [0.25, 0.3) is 11.3 Å². The second kappa shape index (κ2) is 5.70. The fourth-order valence-electron chi connectivity index (χ4n) is 2.50. The van der Waals surface area contributed by atoms with Gasteiger partial charge in [-0.2, -0.15) is 0 Å². The number of unbranched alkanes of at least 4 members (excludes halogenated alkanes) is 1. The second-order valence-corrected chi connectivity index (χ2v) is 5.93. The van der Waals surface area contributed by atoms with Gasteiger partial charge >= 0.3 is 0 Å². The van der Waals surface area contributed by atoms with Crippen LogP contribution in [0.3, 0.4) is 0 Å². The number of rotatable bonds is 4. The van der Waals surface area contributed by atoms with E-state index in [1.165, 1.54) is 0 Å². The van der Waals surface area contributed by atoms with E-state index in [-0.39, 0.29) is 5.91 Å². The van der Waals surface area contributed by atoms with Gasteiger partial charge < -0.3 is 9.47 Å². The molecule has 1 aliphatic rings. The van der Waals surface area contributed by atoms with Crippen LogP contribution in [-0.2, 0) is 6.67 Å². The predicted octanol–water partition coefficient (Wildman–Crippen LogP) is 4.07. The average molecular weight is 324 g/mol. The van der Waals surface area contributed by atoms with E-state index >= 15 is 0 Å². The monoisotopic (exact) mass is 323 g/mol. The van der Waals surface area contributed by atoms with Crippen molar-refractivity contribution < 1.29 is 4.79 Å². The molecule has 0 saturated heterocycles. The topological polar surface area (TPSA) is 38.1 Å². The predicted molar refractivity (Wildman–Crippen MR) is 83.6 cm³/mol. The van der Waals surface area contributed by atoms with E-state index in [1.54, 1.807) is 18.3 Å². The molecule has 2 aromatic rings. The smallest absolute Gasteiger partial charge is 0.291 e. The first-order chi connectivity index (χ1) is 10.1. The van der Waals surface area contributed by atoms with Crippen molar-refractivity contribution in [2.75, 3.05) is 6.54 Å². The van der Waals surface area contributed by atoms with E-state index in [9.17, 15) is 4.79 Å². The first-order valence-corrected chi connectivity index (χ1v) is 7.67. The van der Waals surface area contributed by atoms with Gasteiger partial charge in [0.05, 0.1) is 23.6 Å². The first kappa shape index (κ1) is 14.4. The second-order valence-electron chi connectivity index (χ2n) is 5.08. The zero-order valence-corrected chi connectivity index (χ0v) is 13.2. The molecular weight excluding hydrogens is 309 g/mol. The number of amides is 1. The summed E-state index contributed by atoms with van der Waals surface area (Å²) in [7, 11) is 0. The summed E-state index contributed by atoms with van der Waals surface area (Å²) in [5, 5.41) is 1.15. The summed E-state index contributed by atoms with van der Waals surface area (Å²) in [5.41, 5.74) is 1.68. The van der Waals surface area contributed by atoms with Crippen molar-refractivity contribution in [2.24, 2.45) is 0 Å². The van der Waals surface area contributed by atoms with Crippen LogP contribution in [0.15, 0.2) is 24.4 Å². The number of fused-ring (bicyclic) bond motifs is 1. The maximum atomic E-state index is 12.3. The highest BCUT2D eigenvalue weighted by molar-refractivity contribution is 6.36. The lowest BCUT2D eigenvalue weighted by Crippen LogP contribution is -2.25. The number of aromatic nitrogens is 2. The van der Waals surface area contributed by atoms with Crippen molar-refractivity contribution in [2.45, 2.75) is 26.4 Å². The summed E-state index contributed by atoms with van der Waals surface area (Å²) in [6, 6.07) is 5.34. The Bertz CT molecular complexity index is 696. The standard InChI is InChI=1S/C15H15Cl2N3O/c1-2-3-6-19-9-20-13(8-18-14(20)15(19)21)11-5-4-10(16)7-12(11)17/h4-5,7-8H,2-3,6,9H2,1H3. The van der Waals surface area contributed by atoms with Gasteiger partial charge in [0.1, 0.15) is 0 Å². The zero-order valence-electron chi connectivity index (χ0n) is 11.6. The summed E-state index contributed by atoms with van der Waals surface area (Å²) < 4.78 is 1.91. The van der Waals surface area contributed by atoms with E-state index in [1.807, 2.05) is 15.5 Å². The van der Waals surface area contributed by atoms with Crippen LogP contribution in [0.5, 0.6) is 0 Å². The fourth-order valence-corrected chi connectivity index (χ4v) is 3.00. The van der Waals surface area contributed by atoms with Gasteiger partial charge in [0.25, 0.3) is 5.91 Å². The van der Waals surface area contributed by atoms with Crippen LogP contribution >= 0.6 is 23.2 Å². The molecule has 110 valence electrons. The molecule has 6 heteroatoms.